The SMILES string of the molecule is CCOC(=O)/C=C\C=C\[C@@H](C)[C@H](CCO)O[Si](C)(C)C(C)(C)C. The van der Waals surface area contributed by atoms with E-state index in [4.69, 9.17) is 9.16 Å². The van der Waals surface area contributed by atoms with Crippen LogP contribution in [-0.4, -0.2) is 38.7 Å². The van der Waals surface area contributed by atoms with Crippen molar-refractivity contribution in [2.24, 2.45) is 5.92 Å². The van der Waals surface area contributed by atoms with Crippen LogP contribution in [0.4, 0.5) is 0 Å². The van der Waals surface area contributed by atoms with Crippen LogP contribution >= 0.6 is 0 Å². The Labute approximate surface area is 142 Å². The minimum absolute atomic E-state index is 0.0202. The van der Waals surface area contributed by atoms with E-state index < -0.39 is 8.32 Å². The zero-order valence-corrected chi connectivity index (χ0v) is 16.8. The van der Waals surface area contributed by atoms with Crippen molar-refractivity contribution in [1.29, 1.82) is 0 Å². The number of hydrogen-bond acceptors (Lipinski definition) is 4. The third kappa shape index (κ3) is 8.49. The van der Waals surface area contributed by atoms with Crippen molar-refractivity contribution in [3.8, 4) is 0 Å². The van der Waals surface area contributed by atoms with E-state index in [1.165, 1.54) is 6.08 Å². The van der Waals surface area contributed by atoms with E-state index in [9.17, 15) is 9.90 Å². The van der Waals surface area contributed by atoms with Crippen molar-refractivity contribution in [3.05, 3.63) is 24.3 Å². The Bertz CT molecular complexity index is 408. The van der Waals surface area contributed by atoms with Gasteiger partial charge in [-0.3, -0.25) is 0 Å². The molecule has 0 aromatic rings. The van der Waals surface area contributed by atoms with Gasteiger partial charge in [0.25, 0.3) is 0 Å². The van der Waals surface area contributed by atoms with Gasteiger partial charge in [-0.1, -0.05) is 45.9 Å². The molecule has 0 fully saturated rings. The number of hydrogen-bond donors (Lipinski definition) is 1. The number of aliphatic hydroxyl groups is 1. The van der Waals surface area contributed by atoms with Crippen LogP contribution in [0.15, 0.2) is 24.3 Å². The van der Waals surface area contributed by atoms with Gasteiger partial charge in [0, 0.05) is 12.7 Å². The van der Waals surface area contributed by atoms with Gasteiger partial charge in [0.05, 0.1) is 12.7 Å². The molecule has 0 saturated carbocycles. The first-order valence-corrected chi connectivity index (χ1v) is 11.3. The van der Waals surface area contributed by atoms with Crippen LogP contribution < -0.4 is 0 Å². The molecule has 1 N–H and O–H groups in total. The van der Waals surface area contributed by atoms with Gasteiger partial charge >= 0.3 is 5.97 Å². The molecule has 0 aromatic carbocycles. The average molecular weight is 343 g/mol. The summed E-state index contributed by atoms with van der Waals surface area (Å²) in [6.45, 7) is 15.4. The summed E-state index contributed by atoms with van der Waals surface area (Å²) >= 11 is 0. The largest absolute Gasteiger partial charge is 0.463 e. The van der Waals surface area contributed by atoms with Gasteiger partial charge in [-0.05, 0) is 37.4 Å². The summed E-state index contributed by atoms with van der Waals surface area (Å²) < 4.78 is 11.3. The summed E-state index contributed by atoms with van der Waals surface area (Å²) in [6, 6.07) is 0. The van der Waals surface area contributed by atoms with Crippen LogP contribution in [0.5, 0.6) is 0 Å². The molecule has 0 aliphatic carbocycles. The number of rotatable bonds is 9. The smallest absolute Gasteiger partial charge is 0.330 e. The van der Waals surface area contributed by atoms with Gasteiger partial charge < -0.3 is 14.3 Å². The quantitative estimate of drug-likeness (QED) is 0.297. The van der Waals surface area contributed by atoms with Gasteiger partial charge in [-0.25, -0.2) is 4.79 Å². The fraction of sp³-hybridized carbons (Fsp3) is 0.722. The highest BCUT2D eigenvalue weighted by Gasteiger charge is 2.39. The first-order valence-electron chi connectivity index (χ1n) is 8.35. The third-order valence-corrected chi connectivity index (χ3v) is 8.80. The first-order chi connectivity index (χ1) is 10.5. The van der Waals surface area contributed by atoms with Crippen molar-refractivity contribution < 1.29 is 19.1 Å². The molecule has 5 heteroatoms. The molecule has 0 bridgehead atoms. The number of esters is 1. The maximum atomic E-state index is 11.2. The molecule has 0 rings (SSSR count). The molecule has 0 saturated heterocycles. The summed E-state index contributed by atoms with van der Waals surface area (Å²) in [7, 11) is -1.88. The summed E-state index contributed by atoms with van der Waals surface area (Å²) in [4.78, 5) is 11.2. The maximum Gasteiger partial charge on any atom is 0.330 e. The topological polar surface area (TPSA) is 55.8 Å². The molecule has 0 amide bonds. The van der Waals surface area contributed by atoms with Crippen LogP contribution in [0.2, 0.25) is 18.1 Å². The minimum atomic E-state index is -1.88. The van der Waals surface area contributed by atoms with Crippen molar-refractivity contribution in [2.75, 3.05) is 13.2 Å². The van der Waals surface area contributed by atoms with Crippen LogP contribution in [0, 0.1) is 5.92 Å². The highest BCUT2D eigenvalue weighted by atomic mass is 28.4. The van der Waals surface area contributed by atoms with E-state index in [-0.39, 0.29) is 29.6 Å². The Morgan fingerprint density at radius 2 is 1.87 bits per heavy atom. The second-order valence-corrected chi connectivity index (χ2v) is 12.0. The molecule has 0 heterocycles. The molecule has 4 nitrogen and oxygen atoms in total. The van der Waals surface area contributed by atoms with Crippen LogP contribution in [0.25, 0.3) is 0 Å². The first kappa shape index (κ1) is 22.1. The van der Waals surface area contributed by atoms with Gasteiger partial charge in [0.1, 0.15) is 0 Å². The molecule has 0 radical (unpaired) electrons. The Morgan fingerprint density at radius 3 is 2.35 bits per heavy atom. The van der Waals surface area contributed by atoms with Crippen molar-refractivity contribution in [1.82, 2.24) is 0 Å². The Morgan fingerprint density at radius 1 is 1.26 bits per heavy atom. The molecule has 0 aliphatic heterocycles. The predicted octanol–water partition coefficient (Wildman–Crippen LogP) is 4.07. The summed E-state index contributed by atoms with van der Waals surface area (Å²) in [5, 5.41) is 9.46. The van der Waals surface area contributed by atoms with E-state index in [1.807, 2.05) is 12.2 Å². The third-order valence-electron chi connectivity index (χ3n) is 4.30. The maximum absolute atomic E-state index is 11.2. The molecule has 23 heavy (non-hydrogen) atoms. The molecule has 0 unspecified atom stereocenters. The van der Waals surface area contributed by atoms with Gasteiger partial charge in [-0.2, -0.15) is 0 Å². The number of carbonyl (C=O) groups is 1. The molecular weight excluding hydrogens is 308 g/mol. The van der Waals surface area contributed by atoms with Gasteiger partial charge in [-0.15, -0.1) is 0 Å². The summed E-state index contributed by atoms with van der Waals surface area (Å²) in [6.07, 6.45) is 7.51. The number of ether oxygens (including phenoxy) is 1. The average Bonchev–Trinajstić information content (AvgIpc) is 2.41. The fourth-order valence-electron chi connectivity index (χ4n) is 1.80. The van der Waals surface area contributed by atoms with E-state index >= 15 is 0 Å². The standard InChI is InChI=1S/C18H34O4Si/c1-8-21-17(20)12-10-9-11-15(2)16(13-14-19)22-23(6,7)18(3,4)5/h9-12,15-16,19H,8,13-14H2,1-7H3/b11-9+,12-10-/t15-,16+/m1/s1. The Balaban J connectivity index is 4.80. The highest BCUT2D eigenvalue weighted by Crippen LogP contribution is 2.38. The van der Waals surface area contributed by atoms with Crippen molar-refractivity contribution in [3.63, 3.8) is 0 Å². The van der Waals surface area contributed by atoms with Gasteiger partial charge in [0.15, 0.2) is 8.32 Å². The number of allylic oxidation sites excluding steroid dienone is 2. The fourth-order valence-corrected chi connectivity index (χ4v) is 3.24. The molecule has 0 aromatic heterocycles. The van der Waals surface area contributed by atoms with Crippen LogP contribution in [0.1, 0.15) is 41.0 Å². The van der Waals surface area contributed by atoms with Crippen molar-refractivity contribution in [2.45, 2.75) is 65.3 Å². The van der Waals surface area contributed by atoms with E-state index in [2.05, 4.69) is 40.8 Å². The highest BCUT2D eigenvalue weighted by molar-refractivity contribution is 6.74. The van der Waals surface area contributed by atoms with Crippen LogP contribution in [-0.2, 0) is 14.0 Å². The lowest BCUT2D eigenvalue weighted by Crippen LogP contribution is -2.45. The summed E-state index contributed by atoms with van der Waals surface area (Å²) in [5.74, 6) is -0.183. The molecule has 2 atom stereocenters. The minimum Gasteiger partial charge on any atom is -0.463 e. The second-order valence-electron chi connectivity index (χ2n) is 7.28. The van der Waals surface area contributed by atoms with Crippen LogP contribution in [0.3, 0.4) is 0 Å². The Hall–Kier alpha value is -0.913. The predicted molar refractivity (Wildman–Crippen MR) is 97.8 cm³/mol. The lowest BCUT2D eigenvalue weighted by Gasteiger charge is -2.40. The second kappa shape index (κ2) is 10.1. The van der Waals surface area contributed by atoms with E-state index in [0.717, 1.165) is 0 Å². The molecule has 134 valence electrons. The molecule has 0 aliphatic rings. The number of carbonyl (C=O) groups excluding carboxylic acids is 1. The molecule has 0 spiro atoms. The monoisotopic (exact) mass is 342 g/mol. The lowest BCUT2D eigenvalue weighted by atomic mass is 10.0. The lowest BCUT2D eigenvalue weighted by molar-refractivity contribution is -0.137. The normalized spacial score (nSPS) is 16.0. The van der Waals surface area contributed by atoms with E-state index in [0.29, 0.717) is 13.0 Å². The van der Waals surface area contributed by atoms with Gasteiger partial charge in [0.2, 0.25) is 0 Å². The zero-order valence-electron chi connectivity index (χ0n) is 15.8. The zero-order chi connectivity index (χ0) is 18.1. The van der Waals surface area contributed by atoms with Crippen molar-refractivity contribution >= 4 is 14.3 Å². The number of aliphatic hydroxyl groups excluding tert-OH is 1. The van der Waals surface area contributed by atoms with E-state index in [1.54, 1.807) is 13.0 Å². The molecular formula is C18H34O4Si. The summed E-state index contributed by atoms with van der Waals surface area (Å²) in [5.41, 5.74) is 0. The Kier molecular flexibility index (Phi) is 9.66.